The predicted molar refractivity (Wildman–Crippen MR) is 53.4 cm³/mol. The number of amides is 1. The summed E-state index contributed by atoms with van der Waals surface area (Å²) in [6, 6.07) is -0.946. The van der Waals surface area contributed by atoms with Gasteiger partial charge in [-0.3, -0.25) is 0 Å². The summed E-state index contributed by atoms with van der Waals surface area (Å²) in [6.07, 6.45) is 7.09. The molecule has 2 atom stereocenters. The van der Waals surface area contributed by atoms with Crippen molar-refractivity contribution in [3.05, 3.63) is 24.3 Å². The summed E-state index contributed by atoms with van der Waals surface area (Å²) >= 11 is 0. The maximum absolute atomic E-state index is 10.9. The number of hydrogen-bond donors (Lipinski definition) is 2. The number of allylic oxidation sites excluding steroid dienone is 3. The Morgan fingerprint density at radius 2 is 2.27 bits per heavy atom. The Morgan fingerprint density at radius 3 is 2.73 bits per heavy atom. The second-order valence-electron chi connectivity index (χ2n) is 3.16. The fraction of sp³-hybridized carbons (Fsp3) is 0.400. The first-order valence-corrected chi connectivity index (χ1v) is 4.55. The topological polar surface area (TPSA) is 75.6 Å². The highest BCUT2D eigenvalue weighted by molar-refractivity contribution is 5.80. The number of aliphatic carboxylic acids is 1. The van der Waals surface area contributed by atoms with Gasteiger partial charge in [0, 0.05) is 5.92 Å². The number of carboxylic acids is 1. The lowest BCUT2D eigenvalue weighted by Crippen LogP contribution is -2.45. The first kappa shape index (κ1) is 11.3. The molecule has 0 saturated heterocycles. The summed E-state index contributed by atoms with van der Waals surface area (Å²) in [5, 5.41) is 11.2. The van der Waals surface area contributed by atoms with Crippen LogP contribution < -0.4 is 5.32 Å². The molecule has 1 aliphatic carbocycles. The van der Waals surface area contributed by atoms with Gasteiger partial charge in [0.25, 0.3) is 0 Å². The molecular formula is C10H13NO4. The second kappa shape index (κ2) is 5.19. The molecule has 0 saturated carbocycles. The molecule has 5 heteroatoms. The van der Waals surface area contributed by atoms with Gasteiger partial charge in [-0.25, -0.2) is 9.59 Å². The molecule has 5 nitrogen and oxygen atoms in total. The van der Waals surface area contributed by atoms with Crippen molar-refractivity contribution < 1.29 is 19.4 Å². The minimum absolute atomic E-state index is 0.230. The molecule has 15 heavy (non-hydrogen) atoms. The fourth-order valence-corrected chi connectivity index (χ4v) is 1.38. The number of carboxylic acid groups (broad SMARTS) is 1. The Morgan fingerprint density at radius 1 is 1.53 bits per heavy atom. The molecule has 0 fully saturated rings. The largest absolute Gasteiger partial charge is 0.480 e. The SMILES string of the molecule is COC(=O)N[C@@H](C(=O)O)C1C=CC=CC1. The quantitative estimate of drug-likeness (QED) is 0.728. The maximum Gasteiger partial charge on any atom is 0.407 e. The van der Waals surface area contributed by atoms with E-state index < -0.39 is 18.1 Å². The van der Waals surface area contributed by atoms with Crippen molar-refractivity contribution in [3.63, 3.8) is 0 Å². The average Bonchev–Trinajstić information content (AvgIpc) is 2.26. The predicted octanol–water partition coefficient (Wildman–Crippen LogP) is 0.928. The smallest absolute Gasteiger partial charge is 0.407 e. The number of ether oxygens (including phenoxy) is 1. The van der Waals surface area contributed by atoms with Gasteiger partial charge >= 0.3 is 12.1 Å². The van der Waals surface area contributed by atoms with E-state index in [-0.39, 0.29) is 5.92 Å². The van der Waals surface area contributed by atoms with Crippen LogP contribution >= 0.6 is 0 Å². The number of nitrogens with one attached hydrogen (secondary N) is 1. The highest BCUT2D eigenvalue weighted by Crippen LogP contribution is 2.16. The van der Waals surface area contributed by atoms with Gasteiger partial charge in [-0.1, -0.05) is 24.3 Å². The lowest BCUT2D eigenvalue weighted by molar-refractivity contribution is -0.140. The highest BCUT2D eigenvalue weighted by atomic mass is 16.5. The minimum Gasteiger partial charge on any atom is -0.480 e. The molecule has 1 unspecified atom stereocenters. The number of hydrogen-bond acceptors (Lipinski definition) is 3. The molecular weight excluding hydrogens is 198 g/mol. The molecule has 0 aromatic heterocycles. The van der Waals surface area contributed by atoms with E-state index >= 15 is 0 Å². The van der Waals surface area contributed by atoms with Crippen LogP contribution in [0.25, 0.3) is 0 Å². The summed E-state index contributed by atoms with van der Waals surface area (Å²) in [7, 11) is 1.20. The molecule has 1 aliphatic rings. The van der Waals surface area contributed by atoms with E-state index in [9.17, 15) is 9.59 Å². The first-order chi connectivity index (χ1) is 7.15. The molecule has 2 N–H and O–H groups in total. The third-order valence-electron chi connectivity index (χ3n) is 2.17. The third kappa shape index (κ3) is 3.12. The molecule has 0 bridgehead atoms. The second-order valence-corrected chi connectivity index (χ2v) is 3.16. The van der Waals surface area contributed by atoms with Crippen molar-refractivity contribution in [3.8, 4) is 0 Å². The van der Waals surface area contributed by atoms with Crippen LogP contribution in [-0.4, -0.2) is 30.3 Å². The van der Waals surface area contributed by atoms with E-state index in [0.29, 0.717) is 6.42 Å². The monoisotopic (exact) mass is 211 g/mol. The van der Waals surface area contributed by atoms with E-state index in [1.54, 1.807) is 12.2 Å². The molecule has 0 heterocycles. The first-order valence-electron chi connectivity index (χ1n) is 4.55. The van der Waals surface area contributed by atoms with Crippen LogP contribution in [0.1, 0.15) is 6.42 Å². The van der Waals surface area contributed by atoms with Crippen molar-refractivity contribution in [2.75, 3.05) is 7.11 Å². The Labute approximate surface area is 87.4 Å². The number of alkyl carbamates (subject to hydrolysis) is 1. The minimum atomic E-state index is -1.06. The number of carbonyl (C=O) groups excluding carboxylic acids is 1. The zero-order valence-electron chi connectivity index (χ0n) is 8.34. The molecule has 0 aromatic carbocycles. The van der Waals surface area contributed by atoms with E-state index in [1.165, 1.54) is 7.11 Å². The van der Waals surface area contributed by atoms with E-state index in [0.717, 1.165) is 0 Å². The average molecular weight is 211 g/mol. The fourth-order valence-electron chi connectivity index (χ4n) is 1.38. The normalized spacial score (nSPS) is 20.7. The van der Waals surface area contributed by atoms with Crippen molar-refractivity contribution in [2.45, 2.75) is 12.5 Å². The summed E-state index contributed by atoms with van der Waals surface area (Å²) in [5.41, 5.74) is 0. The Hall–Kier alpha value is -1.78. The van der Waals surface area contributed by atoms with E-state index in [2.05, 4.69) is 10.1 Å². The van der Waals surface area contributed by atoms with Crippen molar-refractivity contribution >= 4 is 12.1 Å². The number of methoxy groups -OCH3 is 1. The summed E-state index contributed by atoms with van der Waals surface area (Å²) in [4.78, 5) is 21.9. The van der Waals surface area contributed by atoms with Gasteiger partial charge in [0.1, 0.15) is 6.04 Å². The van der Waals surface area contributed by atoms with Gasteiger partial charge in [-0.15, -0.1) is 0 Å². The van der Waals surface area contributed by atoms with Crippen LogP contribution in [-0.2, 0) is 9.53 Å². The molecule has 82 valence electrons. The highest BCUT2D eigenvalue weighted by Gasteiger charge is 2.28. The summed E-state index contributed by atoms with van der Waals surface area (Å²) in [5.74, 6) is -1.29. The van der Waals surface area contributed by atoms with Crippen molar-refractivity contribution in [1.29, 1.82) is 0 Å². The molecule has 1 amide bonds. The van der Waals surface area contributed by atoms with Crippen LogP contribution in [0, 0.1) is 5.92 Å². The van der Waals surface area contributed by atoms with Crippen LogP contribution in [0.3, 0.4) is 0 Å². The standard InChI is InChI=1S/C10H13NO4/c1-15-10(14)11-8(9(12)13)7-5-3-2-4-6-7/h2-5,7-8H,6H2,1H3,(H,11,14)(H,12,13)/t7?,8-/m1/s1. The Bertz CT molecular complexity index is 309. The lowest BCUT2D eigenvalue weighted by Gasteiger charge is -2.21. The zero-order valence-corrected chi connectivity index (χ0v) is 8.34. The van der Waals surface area contributed by atoms with E-state index in [4.69, 9.17) is 5.11 Å². The number of rotatable bonds is 3. The van der Waals surface area contributed by atoms with Crippen LogP contribution in [0.15, 0.2) is 24.3 Å². The summed E-state index contributed by atoms with van der Waals surface area (Å²) in [6.45, 7) is 0. The van der Waals surface area contributed by atoms with E-state index in [1.807, 2.05) is 12.2 Å². The van der Waals surface area contributed by atoms with Gasteiger partial charge in [-0.05, 0) is 6.42 Å². The Kier molecular flexibility index (Phi) is 3.91. The molecule has 0 spiro atoms. The maximum atomic E-state index is 10.9. The number of carbonyl (C=O) groups is 2. The lowest BCUT2D eigenvalue weighted by atomic mass is 9.93. The van der Waals surface area contributed by atoms with Gasteiger partial charge in [0.15, 0.2) is 0 Å². The van der Waals surface area contributed by atoms with Crippen LogP contribution in [0.4, 0.5) is 4.79 Å². The molecule has 0 aromatic rings. The van der Waals surface area contributed by atoms with Gasteiger partial charge < -0.3 is 15.2 Å². The van der Waals surface area contributed by atoms with Gasteiger partial charge in [-0.2, -0.15) is 0 Å². The molecule has 0 radical (unpaired) electrons. The Balaban J connectivity index is 2.65. The van der Waals surface area contributed by atoms with Crippen LogP contribution in [0.2, 0.25) is 0 Å². The van der Waals surface area contributed by atoms with Gasteiger partial charge in [0.05, 0.1) is 7.11 Å². The van der Waals surface area contributed by atoms with Crippen molar-refractivity contribution in [2.24, 2.45) is 5.92 Å². The van der Waals surface area contributed by atoms with Crippen LogP contribution in [0.5, 0.6) is 0 Å². The third-order valence-corrected chi connectivity index (χ3v) is 2.17. The van der Waals surface area contributed by atoms with Gasteiger partial charge in [0.2, 0.25) is 0 Å². The molecule has 0 aliphatic heterocycles. The van der Waals surface area contributed by atoms with Crippen molar-refractivity contribution in [1.82, 2.24) is 5.32 Å². The molecule has 1 rings (SSSR count). The summed E-state index contributed by atoms with van der Waals surface area (Å²) < 4.78 is 4.37. The zero-order chi connectivity index (χ0) is 11.3.